The van der Waals surface area contributed by atoms with E-state index in [9.17, 15) is 14.4 Å². The van der Waals surface area contributed by atoms with Gasteiger partial charge in [-0.15, -0.1) is 0 Å². The van der Waals surface area contributed by atoms with E-state index in [2.05, 4.69) is 0 Å². The lowest BCUT2D eigenvalue weighted by Crippen LogP contribution is -2.68. The number of likely N-dealkylation sites (tertiary alicyclic amines) is 2. The third-order valence-corrected chi connectivity index (χ3v) is 8.20. The molecule has 5 aliphatic rings. The molecule has 5 saturated heterocycles. The molecule has 0 aromatic carbocycles. The molecule has 0 spiro atoms. The second-order valence-electron chi connectivity index (χ2n) is 9.98. The first-order valence-electron chi connectivity index (χ1n) is 11.6. The normalized spacial score (nSPS) is 37.0. The van der Waals surface area contributed by atoms with Crippen molar-refractivity contribution in [2.24, 2.45) is 23.7 Å². The molecule has 3 amide bonds. The number of carbonyl (C=O) groups excluding carboxylic acids is 3. The maximum atomic E-state index is 13.8. The van der Waals surface area contributed by atoms with E-state index in [4.69, 9.17) is 9.15 Å². The Kier molecular flexibility index (Phi) is 4.59. The number of furan rings is 1. The van der Waals surface area contributed by atoms with Crippen molar-refractivity contribution in [3.05, 3.63) is 24.2 Å². The minimum absolute atomic E-state index is 0.0166. The highest BCUT2D eigenvalue weighted by molar-refractivity contribution is 5.94. The van der Waals surface area contributed by atoms with Crippen LogP contribution in [-0.2, 0) is 14.3 Å². The van der Waals surface area contributed by atoms with Gasteiger partial charge in [-0.05, 0) is 31.2 Å². The van der Waals surface area contributed by atoms with Crippen molar-refractivity contribution in [3.8, 4) is 0 Å². The summed E-state index contributed by atoms with van der Waals surface area (Å²) in [6.45, 7) is 4.05. The van der Waals surface area contributed by atoms with Crippen molar-refractivity contribution < 1.29 is 23.5 Å². The van der Waals surface area contributed by atoms with Crippen LogP contribution in [0.3, 0.4) is 0 Å². The standard InChI is InChI=1S/C23H29N3O5/c27-20-3-1-2-19-15-6-16(8-24(7-15)22(28)14-4-5-30-11-14)21(26(19)20)23(29)25-9-17-12-31-13-18(17)10-25/h4-5,11,15-19,21H,1-3,6-10,12-13H2/t15-,16+,17-,18+,19-,21+/m0/s1. The van der Waals surface area contributed by atoms with Crippen LogP contribution in [0.15, 0.2) is 23.0 Å². The van der Waals surface area contributed by atoms with Crippen LogP contribution in [0.25, 0.3) is 0 Å². The quantitative estimate of drug-likeness (QED) is 0.709. The van der Waals surface area contributed by atoms with Crippen LogP contribution < -0.4 is 0 Å². The van der Waals surface area contributed by atoms with Gasteiger partial charge in [-0.2, -0.15) is 0 Å². The van der Waals surface area contributed by atoms with Crippen LogP contribution in [0.1, 0.15) is 36.0 Å². The number of rotatable bonds is 2. The summed E-state index contributed by atoms with van der Waals surface area (Å²) in [7, 11) is 0. The van der Waals surface area contributed by atoms with E-state index in [1.807, 2.05) is 14.7 Å². The zero-order valence-corrected chi connectivity index (χ0v) is 17.7. The lowest BCUT2D eigenvalue weighted by molar-refractivity contribution is -0.164. The van der Waals surface area contributed by atoms with Crippen LogP contribution in [0.2, 0.25) is 0 Å². The largest absolute Gasteiger partial charge is 0.472 e. The number of amides is 3. The predicted octanol–water partition coefficient (Wildman–Crippen LogP) is 1.23. The van der Waals surface area contributed by atoms with Crippen LogP contribution in [-0.4, -0.2) is 83.9 Å². The fourth-order valence-corrected chi connectivity index (χ4v) is 6.76. The number of fused-ring (bicyclic) bond motifs is 5. The molecule has 166 valence electrons. The number of hydrogen-bond donors (Lipinski definition) is 0. The van der Waals surface area contributed by atoms with Crippen molar-refractivity contribution in [3.63, 3.8) is 0 Å². The van der Waals surface area contributed by atoms with Gasteiger partial charge in [-0.1, -0.05) is 0 Å². The van der Waals surface area contributed by atoms with Crippen molar-refractivity contribution in [1.29, 1.82) is 0 Å². The molecule has 6 rings (SSSR count). The maximum absolute atomic E-state index is 13.8. The first kappa shape index (κ1) is 19.3. The summed E-state index contributed by atoms with van der Waals surface area (Å²) >= 11 is 0. The van der Waals surface area contributed by atoms with E-state index < -0.39 is 6.04 Å². The Morgan fingerprint density at radius 2 is 1.71 bits per heavy atom. The molecule has 6 heterocycles. The molecule has 0 saturated carbocycles. The molecular formula is C23H29N3O5. The van der Waals surface area contributed by atoms with Gasteiger partial charge in [-0.3, -0.25) is 14.4 Å². The molecular weight excluding hydrogens is 398 g/mol. The SMILES string of the molecule is O=C(c1ccoc1)N1C[C@@H]2C[C@H](C1)[C@H](C(=O)N1C[C@H]3COC[C@H]3C1)N1C(=O)CCC[C@@H]21. The summed E-state index contributed by atoms with van der Waals surface area (Å²) < 4.78 is 10.7. The Hall–Kier alpha value is -2.35. The Bertz CT molecular complexity index is 874. The zero-order valence-electron chi connectivity index (χ0n) is 17.7. The van der Waals surface area contributed by atoms with Crippen molar-refractivity contribution in [2.75, 3.05) is 39.4 Å². The molecule has 0 N–H and O–H groups in total. The van der Waals surface area contributed by atoms with E-state index in [0.29, 0.717) is 36.9 Å². The fraction of sp³-hybridized carbons (Fsp3) is 0.696. The topological polar surface area (TPSA) is 83.3 Å². The predicted molar refractivity (Wildman–Crippen MR) is 109 cm³/mol. The third kappa shape index (κ3) is 3.10. The first-order valence-corrected chi connectivity index (χ1v) is 11.6. The Morgan fingerprint density at radius 1 is 0.968 bits per heavy atom. The number of piperidine rings is 3. The zero-order chi connectivity index (χ0) is 21.1. The minimum atomic E-state index is -0.450. The van der Waals surface area contributed by atoms with Gasteiger partial charge >= 0.3 is 0 Å². The highest BCUT2D eigenvalue weighted by atomic mass is 16.5. The highest BCUT2D eigenvalue weighted by Crippen LogP contribution is 2.43. The summed E-state index contributed by atoms with van der Waals surface area (Å²) in [5.41, 5.74) is 0.548. The Balaban J connectivity index is 1.29. The molecule has 8 nitrogen and oxygen atoms in total. The van der Waals surface area contributed by atoms with Gasteiger partial charge in [0.1, 0.15) is 12.3 Å². The molecule has 1 aromatic rings. The molecule has 6 atom stereocenters. The summed E-state index contributed by atoms with van der Waals surface area (Å²) in [4.78, 5) is 45.7. The molecule has 0 aliphatic carbocycles. The summed E-state index contributed by atoms with van der Waals surface area (Å²) in [5.74, 6) is 1.19. The van der Waals surface area contributed by atoms with Gasteiger partial charge in [0.05, 0.1) is 25.0 Å². The Labute approximate surface area is 181 Å². The molecule has 5 fully saturated rings. The van der Waals surface area contributed by atoms with Crippen LogP contribution in [0, 0.1) is 23.7 Å². The van der Waals surface area contributed by atoms with Gasteiger partial charge < -0.3 is 23.9 Å². The summed E-state index contributed by atoms with van der Waals surface area (Å²) in [6, 6.07) is 1.29. The van der Waals surface area contributed by atoms with E-state index in [1.165, 1.54) is 12.5 Å². The van der Waals surface area contributed by atoms with E-state index in [0.717, 1.165) is 45.6 Å². The first-order chi connectivity index (χ1) is 15.1. The summed E-state index contributed by atoms with van der Waals surface area (Å²) in [5, 5.41) is 0. The highest BCUT2D eigenvalue weighted by Gasteiger charge is 2.54. The van der Waals surface area contributed by atoms with Crippen molar-refractivity contribution >= 4 is 17.7 Å². The second kappa shape index (κ2) is 7.36. The lowest BCUT2D eigenvalue weighted by Gasteiger charge is -2.56. The van der Waals surface area contributed by atoms with Gasteiger partial charge in [0, 0.05) is 56.4 Å². The number of nitrogens with zero attached hydrogens (tertiary/aromatic N) is 3. The second-order valence-corrected chi connectivity index (χ2v) is 9.98. The molecule has 0 unspecified atom stereocenters. The van der Waals surface area contributed by atoms with Gasteiger partial charge in [0.25, 0.3) is 5.91 Å². The number of carbonyl (C=O) groups is 3. The monoisotopic (exact) mass is 427 g/mol. The minimum Gasteiger partial charge on any atom is -0.472 e. The molecule has 5 aliphatic heterocycles. The number of hydrogen-bond acceptors (Lipinski definition) is 5. The Morgan fingerprint density at radius 3 is 2.45 bits per heavy atom. The maximum Gasteiger partial charge on any atom is 0.257 e. The van der Waals surface area contributed by atoms with Crippen molar-refractivity contribution in [1.82, 2.24) is 14.7 Å². The lowest BCUT2D eigenvalue weighted by atomic mass is 9.71. The molecule has 31 heavy (non-hydrogen) atoms. The number of ether oxygens (including phenoxy) is 1. The van der Waals surface area contributed by atoms with Crippen LogP contribution in [0.5, 0.6) is 0 Å². The van der Waals surface area contributed by atoms with E-state index in [-0.39, 0.29) is 35.6 Å². The average molecular weight is 428 g/mol. The molecule has 0 radical (unpaired) electrons. The van der Waals surface area contributed by atoms with Crippen LogP contribution >= 0.6 is 0 Å². The molecule has 2 bridgehead atoms. The molecule has 8 heteroatoms. The average Bonchev–Trinajstić information content (AvgIpc) is 3.51. The van der Waals surface area contributed by atoms with E-state index in [1.54, 1.807) is 6.07 Å². The van der Waals surface area contributed by atoms with Crippen LogP contribution in [0.4, 0.5) is 0 Å². The van der Waals surface area contributed by atoms with Crippen molar-refractivity contribution in [2.45, 2.75) is 37.8 Å². The van der Waals surface area contributed by atoms with Gasteiger partial charge in [0.2, 0.25) is 11.8 Å². The summed E-state index contributed by atoms with van der Waals surface area (Å²) in [6.07, 6.45) is 6.21. The van der Waals surface area contributed by atoms with Gasteiger partial charge in [0.15, 0.2) is 0 Å². The fourth-order valence-electron chi connectivity index (χ4n) is 6.76. The third-order valence-electron chi connectivity index (χ3n) is 8.20. The smallest absolute Gasteiger partial charge is 0.257 e. The van der Waals surface area contributed by atoms with E-state index >= 15 is 0 Å². The molecule has 1 aromatic heterocycles. The van der Waals surface area contributed by atoms with Gasteiger partial charge in [-0.25, -0.2) is 0 Å².